The number of nitrogens with two attached hydrogens (primary N) is 3. The van der Waals surface area contributed by atoms with E-state index >= 15 is 0 Å². The van der Waals surface area contributed by atoms with Crippen LogP contribution in [0.25, 0.3) is 11.1 Å². The Bertz CT molecular complexity index is 1520. The molecule has 1 aliphatic carbocycles. The standard InChI is InChI=1S/C33H30N4/c34-20-22-5-3-6-23(19-22)21-37-31-10-4-8-29-28-7-1-2-9-30(28)33(32(29)31,24-11-15-26(35)16-12-24)25-13-17-27(36)18-14-25/h1-19,37H,20-21,34-36H2. The Morgan fingerprint density at radius 3 is 1.86 bits per heavy atom. The summed E-state index contributed by atoms with van der Waals surface area (Å²) in [6.07, 6.45) is 0. The van der Waals surface area contributed by atoms with Crippen LogP contribution in [-0.4, -0.2) is 0 Å². The van der Waals surface area contributed by atoms with Crippen molar-refractivity contribution in [3.8, 4) is 11.1 Å². The first-order chi connectivity index (χ1) is 18.1. The number of hydrogen-bond acceptors (Lipinski definition) is 4. The van der Waals surface area contributed by atoms with Crippen LogP contribution in [-0.2, 0) is 18.5 Å². The minimum absolute atomic E-state index is 0.529. The Hall–Kier alpha value is -4.54. The molecule has 0 saturated carbocycles. The van der Waals surface area contributed by atoms with E-state index in [1.807, 2.05) is 24.3 Å². The minimum Gasteiger partial charge on any atom is -0.399 e. The maximum absolute atomic E-state index is 6.14. The van der Waals surface area contributed by atoms with Gasteiger partial charge in [-0.3, -0.25) is 0 Å². The molecule has 0 atom stereocenters. The van der Waals surface area contributed by atoms with E-state index in [4.69, 9.17) is 17.2 Å². The molecule has 4 heteroatoms. The largest absolute Gasteiger partial charge is 0.399 e. The van der Waals surface area contributed by atoms with E-state index in [-0.39, 0.29) is 0 Å². The molecular weight excluding hydrogens is 452 g/mol. The highest BCUT2D eigenvalue weighted by Crippen LogP contribution is 2.58. The molecule has 0 fully saturated rings. The lowest BCUT2D eigenvalue weighted by Crippen LogP contribution is -2.29. The summed E-state index contributed by atoms with van der Waals surface area (Å²) in [7, 11) is 0. The zero-order valence-corrected chi connectivity index (χ0v) is 20.6. The monoisotopic (exact) mass is 482 g/mol. The first-order valence-corrected chi connectivity index (χ1v) is 12.6. The molecule has 37 heavy (non-hydrogen) atoms. The van der Waals surface area contributed by atoms with Crippen molar-refractivity contribution in [1.82, 2.24) is 0 Å². The van der Waals surface area contributed by atoms with E-state index in [9.17, 15) is 0 Å². The summed E-state index contributed by atoms with van der Waals surface area (Å²) in [4.78, 5) is 0. The molecule has 0 amide bonds. The maximum Gasteiger partial charge on any atom is 0.0733 e. The number of nitrogens with one attached hydrogen (secondary N) is 1. The molecule has 0 aliphatic heterocycles. The summed E-state index contributed by atoms with van der Waals surface area (Å²) in [5.41, 5.74) is 29.8. The lowest BCUT2D eigenvalue weighted by Gasteiger charge is -2.35. The molecule has 1 aliphatic rings. The molecule has 0 unspecified atom stereocenters. The van der Waals surface area contributed by atoms with E-state index in [1.165, 1.54) is 27.8 Å². The van der Waals surface area contributed by atoms with Gasteiger partial charge in [-0.15, -0.1) is 0 Å². The van der Waals surface area contributed by atoms with Crippen LogP contribution in [0, 0.1) is 0 Å². The van der Waals surface area contributed by atoms with Gasteiger partial charge in [-0.1, -0.05) is 84.9 Å². The average molecular weight is 483 g/mol. The Kier molecular flexibility index (Phi) is 5.67. The predicted octanol–water partition coefficient (Wildman–Crippen LogP) is 6.28. The zero-order chi connectivity index (χ0) is 25.4. The van der Waals surface area contributed by atoms with Gasteiger partial charge in [0.1, 0.15) is 0 Å². The van der Waals surface area contributed by atoms with Gasteiger partial charge in [-0.25, -0.2) is 0 Å². The summed E-state index contributed by atoms with van der Waals surface area (Å²) in [6.45, 7) is 1.22. The molecule has 0 bridgehead atoms. The second-order valence-electron chi connectivity index (χ2n) is 9.65. The van der Waals surface area contributed by atoms with Gasteiger partial charge < -0.3 is 22.5 Å². The zero-order valence-electron chi connectivity index (χ0n) is 20.6. The van der Waals surface area contributed by atoms with Crippen LogP contribution >= 0.6 is 0 Å². The average Bonchev–Trinajstić information content (AvgIpc) is 3.25. The second kappa shape index (κ2) is 9.16. The van der Waals surface area contributed by atoms with Gasteiger partial charge >= 0.3 is 0 Å². The summed E-state index contributed by atoms with van der Waals surface area (Å²) in [5.74, 6) is 0. The van der Waals surface area contributed by atoms with Crippen molar-refractivity contribution in [3.63, 3.8) is 0 Å². The summed E-state index contributed by atoms with van der Waals surface area (Å²) >= 11 is 0. The van der Waals surface area contributed by atoms with E-state index in [1.54, 1.807) is 0 Å². The van der Waals surface area contributed by atoms with Crippen LogP contribution in [0.5, 0.6) is 0 Å². The van der Waals surface area contributed by atoms with E-state index in [0.29, 0.717) is 13.1 Å². The van der Waals surface area contributed by atoms with Gasteiger partial charge in [0.05, 0.1) is 5.41 Å². The molecule has 6 rings (SSSR count). The van der Waals surface area contributed by atoms with Crippen molar-refractivity contribution in [2.24, 2.45) is 5.73 Å². The smallest absolute Gasteiger partial charge is 0.0733 e. The fraction of sp³-hybridized carbons (Fsp3) is 0.0909. The van der Waals surface area contributed by atoms with E-state index in [0.717, 1.165) is 33.8 Å². The van der Waals surface area contributed by atoms with Crippen molar-refractivity contribution < 1.29 is 0 Å². The predicted molar refractivity (Wildman–Crippen MR) is 154 cm³/mol. The lowest BCUT2D eigenvalue weighted by molar-refractivity contribution is 0.769. The van der Waals surface area contributed by atoms with Crippen LogP contribution in [0.3, 0.4) is 0 Å². The third kappa shape index (κ3) is 3.74. The third-order valence-corrected chi connectivity index (χ3v) is 7.46. The molecular formula is C33H30N4. The molecule has 5 aromatic rings. The van der Waals surface area contributed by atoms with Gasteiger partial charge in [0.25, 0.3) is 0 Å². The molecule has 0 heterocycles. The number of rotatable bonds is 6. The SMILES string of the molecule is NCc1cccc(CNc2cccc3c2C(c2ccc(N)cc2)(c2ccc(N)cc2)c2ccccc2-3)c1. The molecule has 0 radical (unpaired) electrons. The summed E-state index contributed by atoms with van der Waals surface area (Å²) in [5, 5.41) is 3.77. The fourth-order valence-corrected chi connectivity index (χ4v) is 5.80. The van der Waals surface area contributed by atoms with Crippen molar-refractivity contribution in [3.05, 3.63) is 149 Å². The topological polar surface area (TPSA) is 90.1 Å². The second-order valence-corrected chi connectivity index (χ2v) is 9.65. The highest BCUT2D eigenvalue weighted by atomic mass is 14.9. The Morgan fingerprint density at radius 2 is 1.19 bits per heavy atom. The molecule has 182 valence electrons. The normalized spacial score (nSPS) is 13.1. The lowest BCUT2D eigenvalue weighted by atomic mass is 9.67. The van der Waals surface area contributed by atoms with Crippen molar-refractivity contribution in [2.45, 2.75) is 18.5 Å². The maximum atomic E-state index is 6.14. The number of nitrogen functional groups attached to an aromatic ring is 2. The van der Waals surface area contributed by atoms with Crippen LogP contribution in [0.1, 0.15) is 33.4 Å². The Labute approximate surface area is 217 Å². The number of anilines is 3. The van der Waals surface area contributed by atoms with Crippen LogP contribution < -0.4 is 22.5 Å². The summed E-state index contributed by atoms with van der Waals surface area (Å²) in [6, 6.07) is 40.2. The molecule has 0 spiro atoms. The minimum atomic E-state index is -0.532. The Morgan fingerprint density at radius 1 is 0.595 bits per heavy atom. The van der Waals surface area contributed by atoms with Crippen molar-refractivity contribution in [2.75, 3.05) is 16.8 Å². The van der Waals surface area contributed by atoms with E-state index in [2.05, 4.69) is 96.3 Å². The quantitative estimate of drug-likeness (QED) is 0.210. The summed E-state index contributed by atoms with van der Waals surface area (Å²) < 4.78 is 0. The van der Waals surface area contributed by atoms with Gasteiger partial charge in [-0.2, -0.15) is 0 Å². The third-order valence-electron chi connectivity index (χ3n) is 7.46. The Balaban J connectivity index is 1.60. The van der Waals surface area contributed by atoms with Crippen molar-refractivity contribution in [1.29, 1.82) is 0 Å². The number of hydrogen-bond donors (Lipinski definition) is 4. The van der Waals surface area contributed by atoms with Gasteiger partial charge in [-0.05, 0) is 69.3 Å². The first-order valence-electron chi connectivity index (χ1n) is 12.6. The molecule has 0 aromatic heterocycles. The fourth-order valence-electron chi connectivity index (χ4n) is 5.80. The molecule has 0 saturated heterocycles. The first kappa shape index (κ1) is 22.9. The number of fused-ring (bicyclic) bond motifs is 3. The van der Waals surface area contributed by atoms with E-state index < -0.39 is 5.41 Å². The van der Waals surface area contributed by atoms with Gasteiger partial charge in [0.15, 0.2) is 0 Å². The van der Waals surface area contributed by atoms with Crippen LogP contribution in [0.4, 0.5) is 17.1 Å². The van der Waals surface area contributed by atoms with Gasteiger partial charge in [0.2, 0.25) is 0 Å². The molecule has 5 aromatic carbocycles. The van der Waals surface area contributed by atoms with Crippen LogP contribution in [0.2, 0.25) is 0 Å². The highest BCUT2D eigenvalue weighted by Gasteiger charge is 2.47. The molecule has 7 N–H and O–H groups in total. The van der Waals surface area contributed by atoms with Gasteiger partial charge in [0, 0.05) is 35.7 Å². The molecule has 4 nitrogen and oxygen atoms in total. The number of benzene rings is 5. The van der Waals surface area contributed by atoms with Crippen molar-refractivity contribution >= 4 is 17.1 Å². The van der Waals surface area contributed by atoms with Crippen LogP contribution in [0.15, 0.2) is 115 Å². The highest BCUT2D eigenvalue weighted by molar-refractivity contribution is 5.91.